The second-order valence-corrected chi connectivity index (χ2v) is 5.99. The van der Waals surface area contributed by atoms with Gasteiger partial charge in [0.25, 0.3) is 0 Å². The van der Waals surface area contributed by atoms with E-state index in [1.807, 2.05) is 36.9 Å². The summed E-state index contributed by atoms with van der Waals surface area (Å²) in [6.07, 6.45) is 1.90. The van der Waals surface area contributed by atoms with Gasteiger partial charge in [0.2, 0.25) is 0 Å². The first-order chi connectivity index (χ1) is 9.93. The maximum atomic E-state index is 12.0. The number of para-hydroxylation sites is 1. The van der Waals surface area contributed by atoms with Crippen molar-refractivity contribution >= 4 is 17.3 Å². The van der Waals surface area contributed by atoms with Crippen LogP contribution in [0.2, 0.25) is 0 Å². The lowest BCUT2D eigenvalue weighted by Crippen LogP contribution is -2.49. The molecule has 1 aromatic rings. The number of rotatable bonds is 5. The van der Waals surface area contributed by atoms with Crippen molar-refractivity contribution in [2.45, 2.75) is 39.2 Å². The zero-order chi connectivity index (χ0) is 15.5. The van der Waals surface area contributed by atoms with Gasteiger partial charge in [-0.2, -0.15) is 0 Å². The number of carbonyl (C=O) groups excluding carboxylic acids is 1. The number of fused-ring (bicyclic) bond motifs is 1. The third-order valence-corrected chi connectivity index (χ3v) is 3.39. The Kier molecular flexibility index (Phi) is 4.60. The predicted octanol–water partition coefficient (Wildman–Crippen LogP) is 2.59. The molecule has 0 saturated carbocycles. The molecule has 0 aliphatic carbocycles. The Labute approximate surface area is 126 Å². The topological polar surface area (TPSA) is 64.8 Å². The van der Waals surface area contributed by atoms with Crippen molar-refractivity contribution in [1.82, 2.24) is 0 Å². The fourth-order valence-electron chi connectivity index (χ4n) is 2.50. The highest BCUT2D eigenvalue weighted by Gasteiger charge is 2.33. The quantitative estimate of drug-likeness (QED) is 0.513. The molecule has 5 nitrogen and oxygen atoms in total. The number of ether oxygens (including phenoxy) is 2. The molecule has 2 rings (SSSR count). The summed E-state index contributed by atoms with van der Waals surface area (Å²) in [5.74, 6) is 0.489. The minimum atomic E-state index is -0.371. The summed E-state index contributed by atoms with van der Waals surface area (Å²) in [7, 11) is 0. The van der Waals surface area contributed by atoms with Crippen LogP contribution >= 0.6 is 0 Å². The highest BCUT2D eigenvalue weighted by atomic mass is 16.5. The molecule has 1 heterocycles. The number of nitrogen functional groups attached to an aromatic ring is 1. The van der Waals surface area contributed by atoms with E-state index in [0.29, 0.717) is 24.6 Å². The van der Waals surface area contributed by atoms with Gasteiger partial charge in [0.15, 0.2) is 0 Å². The van der Waals surface area contributed by atoms with Crippen LogP contribution < -0.4 is 15.4 Å². The average molecular weight is 292 g/mol. The highest BCUT2D eigenvalue weighted by molar-refractivity contribution is 5.82. The van der Waals surface area contributed by atoms with Gasteiger partial charge < -0.3 is 20.1 Å². The van der Waals surface area contributed by atoms with Crippen molar-refractivity contribution < 1.29 is 14.3 Å². The summed E-state index contributed by atoms with van der Waals surface area (Å²) in [4.78, 5) is 13.9. The number of unbranched alkanes of at least 4 members (excludes halogenated alkanes) is 1. The molecule has 0 aromatic heterocycles. The Balaban J connectivity index is 2.14. The van der Waals surface area contributed by atoms with Crippen molar-refractivity contribution in [2.24, 2.45) is 0 Å². The second kappa shape index (κ2) is 6.24. The van der Waals surface area contributed by atoms with Crippen LogP contribution in [0.5, 0.6) is 5.75 Å². The summed E-state index contributed by atoms with van der Waals surface area (Å²) in [5.41, 5.74) is 7.07. The summed E-state index contributed by atoms with van der Waals surface area (Å²) in [6.45, 7) is 7.31. The fraction of sp³-hybridized carbons (Fsp3) is 0.562. The molecule has 0 amide bonds. The normalized spacial score (nSPS) is 16.0. The zero-order valence-corrected chi connectivity index (χ0v) is 13.0. The summed E-state index contributed by atoms with van der Waals surface area (Å²) in [5, 5.41) is 0. The minimum absolute atomic E-state index is 0.192. The monoisotopic (exact) mass is 292 g/mol. The van der Waals surface area contributed by atoms with E-state index in [2.05, 4.69) is 6.92 Å². The fourth-order valence-corrected chi connectivity index (χ4v) is 2.50. The van der Waals surface area contributed by atoms with E-state index in [0.717, 1.165) is 18.5 Å². The molecule has 2 N–H and O–H groups in total. The summed E-state index contributed by atoms with van der Waals surface area (Å²) < 4.78 is 11.2. The average Bonchev–Trinajstić information content (AvgIpc) is 2.37. The first-order valence-electron chi connectivity index (χ1n) is 7.41. The lowest BCUT2D eigenvalue weighted by molar-refractivity contribution is -0.142. The van der Waals surface area contributed by atoms with Crippen molar-refractivity contribution in [1.29, 1.82) is 0 Å². The van der Waals surface area contributed by atoms with E-state index in [4.69, 9.17) is 15.2 Å². The van der Waals surface area contributed by atoms with Crippen molar-refractivity contribution in [3.05, 3.63) is 18.2 Å². The number of carbonyl (C=O) groups is 1. The third kappa shape index (κ3) is 3.80. The summed E-state index contributed by atoms with van der Waals surface area (Å²) in [6, 6.07) is 5.55. The van der Waals surface area contributed by atoms with E-state index < -0.39 is 0 Å². The minimum Gasteiger partial charge on any atom is -0.484 e. The molecular weight excluding hydrogens is 268 g/mol. The molecule has 0 radical (unpaired) electrons. The van der Waals surface area contributed by atoms with Gasteiger partial charge in [0.1, 0.15) is 23.6 Å². The van der Waals surface area contributed by atoms with Gasteiger partial charge >= 0.3 is 5.97 Å². The number of nitrogens with zero attached hydrogens (tertiary/aromatic N) is 1. The van der Waals surface area contributed by atoms with E-state index in [9.17, 15) is 4.79 Å². The standard InChI is InChI=1S/C16H24N2O3/c1-4-5-9-20-14(19)10-18-11-16(2,3)21-13-8-6-7-12(17)15(13)18/h6-8H,4-5,9-11,17H2,1-3H3. The predicted molar refractivity (Wildman–Crippen MR) is 83.6 cm³/mol. The van der Waals surface area contributed by atoms with Crippen molar-refractivity contribution in [3.63, 3.8) is 0 Å². The lowest BCUT2D eigenvalue weighted by atomic mass is 10.0. The van der Waals surface area contributed by atoms with Gasteiger partial charge in [-0.3, -0.25) is 4.79 Å². The van der Waals surface area contributed by atoms with Crippen LogP contribution in [0, 0.1) is 0 Å². The van der Waals surface area contributed by atoms with Crippen LogP contribution in [-0.4, -0.2) is 31.3 Å². The highest BCUT2D eigenvalue weighted by Crippen LogP contribution is 2.40. The zero-order valence-electron chi connectivity index (χ0n) is 13.0. The lowest BCUT2D eigenvalue weighted by Gasteiger charge is -2.40. The van der Waals surface area contributed by atoms with Gasteiger partial charge in [-0.15, -0.1) is 0 Å². The largest absolute Gasteiger partial charge is 0.484 e. The smallest absolute Gasteiger partial charge is 0.325 e. The maximum absolute atomic E-state index is 12.0. The molecule has 1 aromatic carbocycles. The molecule has 1 aliphatic rings. The Bertz CT molecular complexity index is 514. The van der Waals surface area contributed by atoms with Crippen molar-refractivity contribution in [2.75, 3.05) is 30.3 Å². The molecule has 0 atom stereocenters. The van der Waals surface area contributed by atoms with Crippen LogP contribution in [-0.2, 0) is 9.53 Å². The summed E-state index contributed by atoms with van der Waals surface area (Å²) >= 11 is 0. The Morgan fingerprint density at radius 3 is 2.95 bits per heavy atom. The van der Waals surface area contributed by atoms with E-state index in [-0.39, 0.29) is 18.1 Å². The van der Waals surface area contributed by atoms with E-state index in [1.165, 1.54) is 0 Å². The Morgan fingerprint density at radius 2 is 2.24 bits per heavy atom. The van der Waals surface area contributed by atoms with Gasteiger partial charge in [-0.25, -0.2) is 0 Å². The first-order valence-corrected chi connectivity index (χ1v) is 7.41. The molecule has 0 saturated heterocycles. The second-order valence-electron chi connectivity index (χ2n) is 5.99. The number of hydrogen-bond acceptors (Lipinski definition) is 5. The molecule has 1 aliphatic heterocycles. The SMILES string of the molecule is CCCCOC(=O)CN1CC(C)(C)Oc2cccc(N)c21. The number of benzene rings is 1. The first kappa shape index (κ1) is 15.5. The molecule has 0 bridgehead atoms. The number of esters is 1. The molecule has 0 fully saturated rings. The maximum Gasteiger partial charge on any atom is 0.325 e. The molecular formula is C16H24N2O3. The number of hydrogen-bond donors (Lipinski definition) is 1. The number of anilines is 2. The number of nitrogens with two attached hydrogens (primary N) is 1. The van der Waals surface area contributed by atoms with Gasteiger partial charge in [0.05, 0.1) is 18.8 Å². The van der Waals surface area contributed by atoms with Gasteiger partial charge in [-0.05, 0) is 32.4 Å². The Morgan fingerprint density at radius 1 is 1.48 bits per heavy atom. The molecule has 116 valence electrons. The third-order valence-electron chi connectivity index (χ3n) is 3.39. The van der Waals surface area contributed by atoms with Crippen LogP contribution in [0.25, 0.3) is 0 Å². The van der Waals surface area contributed by atoms with E-state index in [1.54, 1.807) is 0 Å². The van der Waals surface area contributed by atoms with Crippen LogP contribution in [0.3, 0.4) is 0 Å². The molecule has 21 heavy (non-hydrogen) atoms. The van der Waals surface area contributed by atoms with Gasteiger partial charge in [0, 0.05) is 0 Å². The van der Waals surface area contributed by atoms with Crippen LogP contribution in [0.15, 0.2) is 18.2 Å². The molecule has 0 spiro atoms. The van der Waals surface area contributed by atoms with Crippen molar-refractivity contribution in [3.8, 4) is 5.75 Å². The molecule has 0 unspecified atom stereocenters. The Hall–Kier alpha value is -1.91. The molecule has 5 heteroatoms. The van der Waals surface area contributed by atoms with Crippen LogP contribution in [0.1, 0.15) is 33.6 Å². The van der Waals surface area contributed by atoms with Gasteiger partial charge in [-0.1, -0.05) is 19.4 Å². The van der Waals surface area contributed by atoms with Crippen LogP contribution in [0.4, 0.5) is 11.4 Å². The van der Waals surface area contributed by atoms with E-state index >= 15 is 0 Å².